The number of hydrogen-bond acceptors (Lipinski definition) is 12. The average molecular weight is 861 g/mol. The summed E-state index contributed by atoms with van der Waals surface area (Å²) in [4.78, 5) is 12.6. The van der Waals surface area contributed by atoms with Gasteiger partial charge in [-0.1, -0.05) is 152 Å². The third kappa shape index (κ3) is 12.7. The van der Waals surface area contributed by atoms with Crippen molar-refractivity contribution < 1.29 is 56.9 Å². The molecule has 8 rings (SSSR count). The van der Waals surface area contributed by atoms with E-state index in [0.717, 1.165) is 27.8 Å². The van der Waals surface area contributed by atoms with E-state index in [9.17, 15) is 4.79 Å². The Morgan fingerprint density at radius 1 is 0.460 bits per heavy atom. The van der Waals surface area contributed by atoms with Gasteiger partial charge in [0.1, 0.15) is 43.2 Å². The first-order valence-corrected chi connectivity index (χ1v) is 21.7. The number of benzene rings is 5. The van der Waals surface area contributed by atoms with Crippen LogP contribution in [0.1, 0.15) is 34.7 Å². The highest BCUT2D eigenvalue weighted by Crippen LogP contribution is 2.34. The molecule has 0 bridgehead atoms. The van der Waals surface area contributed by atoms with Crippen LogP contribution in [0.15, 0.2) is 152 Å². The monoisotopic (exact) mass is 860 g/mol. The van der Waals surface area contributed by atoms with Gasteiger partial charge in [-0.25, -0.2) is 4.79 Å². The fourth-order valence-electron chi connectivity index (χ4n) is 7.97. The average Bonchev–Trinajstić information content (AvgIpc) is 3.33. The minimum absolute atomic E-state index is 0.0910. The van der Waals surface area contributed by atoms with Crippen LogP contribution in [0.4, 0.5) is 0 Å². The molecule has 12 nitrogen and oxygen atoms in total. The summed E-state index contributed by atoms with van der Waals surface area (Å²) < 4.78 is 70.8. The molecule has 0 aromatic heterocycles. The van der Waals surface area contributed by atoms with Crippen molar-refractivity contribution in [1.29, 1.82) is 0 Å². The van der Waals surface area contributed by atoms with E-state index < -0.39 is 67.4 Å². The second kappa shape index (κ2) is 23.2. The molecule has 10 atom stereocenters. The lowest BCUT2D eigenvalue weighted by Crippen LogP contribution is -2.64. The SMILES string of the molecule is C[C@@H]1O[C@H](OCCO[C@@H]2O[C@H](COCc3ccccc3)[C@@H]3OC(=O)CO[C@@H]3[C@H]2OCc2ccccc2)[C@@H](OCc2ccccc2)[C@H](OCc2ccccc2)[C@@H]1OCc1ccccc1. The van der Waals surface area contributed by atoms with Crippen LogP contribution in [0.3, 0.4) is 0 Å². The van der Waals surface area contributed by atoms with Gasteiger partial charge in [0.2, 0.25) is 0 Å². The predicted molar refractivity (Wildman–Crippen MR) is 231 cm³/mol. The number of ether oxygens (including phenoxy) is 11. The Bertz CT molecular complexity index is 2060. The van der Waals surface area contributed by atoms with Crippen LogP contribution in [0.2, 0.25) is 0 Å². The minimum atomic E-state index is -0.922. The fraction of sp³-hybridized carbons (Fsp3) is 0.392. The molecule has 0 amide bonds. The molecule has 3 aliphatic rings. The third-order valence-corrected chi connectivity index (χ3v) is 11.2. The molecule has 3 aliphatic heterocycles. The Hall–Kier alpha value is -4.83. The van der Waals surface area contributed by atoms with Gasteiger partial charge in [-0.2, -0.15) is 0 Å². The summed E-state index contributed by atoms with van der Waals surface area (Å²) in [5, 5.41) is 0. The summed E-state index contributed by atoms with van der Waals surface area (Å²) in [6.07, 6.45) is -6.81. The van der Waals surface area contributed by atoms with Crippen molar-refractivity contribution in [2.24, 2.45) is 0 Å². The third-order valence-electron chi connectivity index (χ3n) is 11.2. The Kier molecular flexibility index (Phi) is 16.5. The van der Waals surface area contributed by atoms with E-state index in [1.165, 1.54) is 0 Å². The van der Waals surface area contributed by atoms with E-state index in [2.05, 4.69) is 0 Å². The highest BCUT2D eigenvalue weighted by Gasteiger charge is 2.52. The number of esters is 1. The number of hydrogen-bond donors (Lipinski definition) is 0. The van der Waals surface area contributed by atoms with E-state index in [0.29, 0.717) is 26.4 Å². The Labute approximate surface area is 369 Å². The Morgan fingerprint density at radius 2 is 0.873 bits per heavy atom. The summed E-state index contributed by atoms with van der Waals surface area (Å²) in [6.45, 7) is 3.68. The van der Waals surface area contributed by atoms with Gasteiger partial charge in [0, 0.05) is 0 Å². The zero-order chi connectivity index (χ0) is 43.1. The number of carbonyl (C=O) groups excluding carboxylic acids is 1. The smallest absolute Gasteiger partial charge is 0.332 e. The van der Waals surface area contributed by atoms with Gasteiger partial charge in [0.05, 0.1) is 59.0 Å². The first-order valence-electron chi connectivity index (χ1n) is 21.7. The fourth-order valence-corrected chi connectivity index (χ4v) is 7.97. The van der Waals surface area contributed by atoms with Crippen LogP contribution in [0, 0.1) is 0 Å². The molecule has 5 aromatic rings. The van der Waals surface area contributed by atoms with Crippen molar-refractivity contribution in [2.75, 3.05) is 26.4 Å². The van der Waals surface area contributed by atoms with Crippen LogP contribution in [0.5, 0.6) is 0 Å². The molecular weight excluding hydrogens is 805 g/mol. The first-order chi connectivity index (χ1) is 31.1. The van der Waals surface area contributed by atoms with Gasteiger partial charge in [0.25, 0.3) is 0 Å². The van der Waals surface area contributed by atoms with Crippen LogP contribution in [0.25, 0.3) is 0 Å². The van der Waals surface area contributed by atoms with Gasteiger partial charge in [-0.05, 0) is 34.7 Å². The maximum atomic E-state index is 12.6. The highest BCUT2D eigenvalue weighted by molar-refractivity contribution is 5.71. The van der Waals surface area contributed by atoms with Crippen molar-refractivity contribution in [3.05, 3.63) is 179 Å². The molecule has 332 valence electrons. The maximum absolute atomic E-state index is 12.6. The Balaban J connectivity index is 0.979. The summed E-state index contributed by atoms with van der Waals surface area (Å²) >= 11 is 0. The normalized spacial score (nSPS) is 27.0. The summed E-state index contributed by atoms with van der Waals surface area (Å²) in [6, 6.07) is 49.6. The van der Waals surface area contributed by atoms with Gasteiger partial charge in [-0.3, -0.25) is 0 Å². The largest absolute Gasteiger partial charge is 0.455 e. The predicted octanol–water partition coefficient (Wildman–Crippen LogP) is 7.36. The van der Waals surface area contributed by atoms with E-state index in [-0.39, 0.29) is 33.0 Å². The summed E-state index contributed by atoms with van der Waals surface area (Å²) in [5.74, 6) is -0.480. The molecule has 0 aliphatic carbocycles. The number of fused-ring (bicyclic) bond motifs is 1. The van der Waals surface area contributed by atoms with Gasteiger partial charge >= 0.3 is 5.97 Å². The summed E-state index contributed by atoms with van der Waals surface area (Å²) in [7, 11) is 0. The molecule has 3 fully saturated rings. The molecule has 3 saturated heterocycles. The lowest BCUT2D eigenvalue weighted by molar-refractivity contribution is -0.339. The first kappa shape index (κ1) is 44.8. The van der Waals surface area contributed by atoms with E-state index in [1.54, 1.807) is 0 Å². The van der Waals surface area contributed by atoms with Crippen molar-refractivity contribution in [3.63, 3.8) is 0 Å². The topological polar surface area (TPSA) is 119 Å². The zero-order valence-electron chi connectivity index (χ0n) is 35.5. The van der Waals surface area contributed by atoms with Crippen molar-refractivity contribution in [3.8, 4) is 0 Å². The molecule has 5 aromatic carbocycles. The van der Waals surface area contributed by atoms with Gasteiger partial charge in [-0.15, -0.1) is 0 Å². The molecule has 63 heavy (non-hydrogen) atoms. The van der Waals surface area contributed by atoms with Crippen LogP contribution in [-0.2, 0) is 89.9 Å². The van der Waals surface area contributed by atoms with Crippen molar-refractivity contribution in [2.45, 2.75) is 101 Å². The summed E-state index contributed by atoms with van der Waals surface area (Å²) in [5.41, 5.74) is 5.01. The molecule has 3 heterocycles. The quantitative estimate of drug-likeness (QED) is 0.0542. The number of carbonyl (C=O) groups is 1. The molecule has 0 saturated carbocycles. The van der Waals surface area contributed by atoms with Crippen LogP contribution in [-0.4, -0.2) is 93.8 Å². The van der Waals surface area contributed by atoms with Crippen molar-refractivity contribution in [1.82, 2.24) is 0 Å². The van der Waals surface area contributed by atoms with Crippen LogP contribution < -0.4 is 0 Å². The molecule has 0 N–H and O–H groups in total. The molecule has 0 spiro atoms. The lowest BCUT2D eigenvalue weighted by atomic mass is 9.97. The lowest BCUT2D eigenvalue weighted by Gasteiger charge is -2.47. The van der Waals surface area contributed by atoms with Crippen LogP contribution >= 0.6 is 0 Å². The van der Waals surface area contributed by atoms with Gasteiger partial charge in [0.15, 0.2) is 18.7 Å². The molecular formula is C51H56O12. The maximum Gasteiger partial charge on any atom is 0.332 e. The zero-order valence-corrected chi connectivity index (χ0v) is 35.5. The van der Waals surface area contributed by atoms with E-state index in [1.807, 2.05) is 159 Å². The molecule has 12 heteroatoms. The Morgan fingerprint density at radius 3 is 1.37 bits per heavy atom. The molecule has 0 radical (unpaired) electrons. The highest BCUT2D eigenvalue weighted by atomic mass is 16.8. The minimum Gasteiger partial charge on any atom is -0.455 e. The second-order valence-electron chi connectivity index (χ2n) is 15.8. The van der Waals surface area contributed by atoms with E-state index >= 15 is 0 Å². The standard InChI is InChI=1S/C51H56O12/c1-36-44(56-30-38-19-9-3-10-20-38)46(57-31-39-21-11-4-12-22-39)48(58-32-40-23-13-5-14-24-40)50(61-36)54-27-28-55-51-49(59-33-41-25-15-6-16-26-41)47-45(63-43(52)35-60-47)42(62-51)34-53-29-37-17-7-2-8-18-37/h2-26,36,42,44-51H,27-35H2,1H3/t36-,42+,44+,45-,46+,47-,48-,49+,50-,51+/m0/s1. The second-order valence-corrected chi connectivity index (χ2v) is 15.8. The number of rotatable bonds is 21. The van der Waals surface area contributed by atoms with Crippen molar-refractivity contribution >= 4 is 5.97 Å². The molecule has 0 unspecified atom stereocenters. The van der Waals surface area contributed by atoms with Gasteiger partial charge < -0.3 is 52.1 Å². The van der Waals surface area contributed by atoms with E-state index in [4.69, 9.17) is 52.1 Å².